The Hall–Kier alpha value is -1.80. The summed E-state index contributed by atoms with van der Waals surface area (Å²) < 4.78 is 10.6. The second-order valence-electron chi connectivity index (χ2n) is 6.11. The monoisotopic (exact) mass is 356 g/mol. The largest absolute Gasteiger partial charge is 0.478 e. The molecule has 1 amide bonds. The molecule has 0 aromatic carbocycles. The van der Waals surface area contributed by atoms with Crippen LogP contribution in [0.15, 0.2) is 6.07 Å². The Balaban J connectivity index is 1.94. The first-order chi connectivity index (χ1) is 11.5. The second-order valence-corrected chi connectivity index (χ2v) is 7.24. The van der Waals surface area contributed by atoms with Crippen LogP contribution in [0.2, 0.25) is 0 Å². The van der Waals surface area contributed by atoms with Crippen LogP contribution in [0.1, 0.15) is 48.3 Å². The molecule has 0 saturated carbocycles. The third kappa shape index (κ3) is 5.68. The summed E-state index contributed by atoms with van der Waals surface area (Å²) in [6, 6.07) is 1.57. The topological polar surface area (TPSA) is 96.9 Å². The number of nitrogens with one attached hydrogen (secondary N) is 2. The molecule has 1 aliphatic rings. The van der Waals surface area contributed by atoms with E-state index in [4.69, 9.17) is 9.47 Å². The van der Waals surface area contributed by atoms with Crippen LogP contribution in [0.3, 0.4) is 0 Å². The van der Waals surface area contributed by atoms with Crippen LogP contribution in [-0.4, -0.2) is 36.6 Å². The molecule has 1 saturated heterocycles. The molecule has 0 spiro atoms. The van der Waals surface area contributed by atoms with Crippen LogP contribution in [0.25, 0.3) is 0 Å². The van der Waals surface area contributed by atoms with Gasteiger partial charge in [-0.25, -0.2) is 9.59 Å². The Morgan fingerprint density at radius 2 is 2.25 bits per heavy atom. The molecule has 1 atom stereocenters. The highest BCUT2D eigenvalue weighted by Gasteiger charge is 2.20. The van der Waals surface area contributed by atoms with Crippen LogP contribution >= 0.6 is 11.3 Å². The van der Waals surface area contributed by atoms with Crippen molar-refractivity contribution >= 4 is 28.4 Å². The van der Waals surface area contributed by atoms with Gasteiger partial charge in [0.1, 0.15) is 11.2 Å². The van der Waals surface area contributed by atoms with Gasteiger partial charge >= 0.3 is 12.1 Å². The third-order valence-corrected chi connectivity index (χ3v) is 4.51. The Bertz CT molecular complexity index is 567. The lowest BCUT2D eigenvalue weighted by atomic mass is 10.2. The average molecular weight is 356 g/mol. The number of carboxylic acids is 1. The zero-order chi connectivity index (χ0) is 17.5. The first-order valence-corrected chi connectivity index (χ1v) is 8.92. The molecule has 0 aliphatic carbocycles. The highest BCUT2D eigenvalue weighted by molar-refractivity contribution is 7.16. The molecule has 7 nitrogen and oxygen atoms in total. The number of aromatic carboxylic acids is 1. The smallest absolute Gasteiger partial charge is 0.407 e. The summed E-state index contributed by atoms with van der Waals surface area (Å²) in [7, 11) is 0. The quantitative estimate of drug-likeness (QED) is 0.694. The van der Waals surface area contributed by atoms with Gasteiger partial charge in [-0.2, -0.15) is 0 Å². The molecule has 1 fully saturated rings. The SMILES string of the molecule is CC(C)COC(=O)NCc1cc(C(=O)O)c(NC2CCCCO2)s1. The summed E-state index contributed by atoms with van der Waals surface area (Å²) in [5.41, 5.74) is 0.196. The molecule has 1 unspecified atom stereocenters. The van der Waals surface area contributed by atoms with E-state index in [1.165, 1.54) is 11.3 Å². The van der Waals surface area contributed by atoms with Crippen molar-refractivity contribution < 1.29 is 24.2 Å². The number of rotatable bonds is 7. The van der Waals surface area contributed by atoms with Crippen molar-refractivity contribution in [1.82, 2.24) is 5.32 Å². The van der Waals surface area contributed by atoms with Gasteiger partial charge in [-0.05, 0) is 31.2 Å². The van der Waals surface area contributed by atoms with Gasteiger partial charge in [0.15, 0.2) is 0 Å². The fourth-order valence-corrected chi connectivity index (χ4v) is 3.28. The maximum atomic E-state index is 11.6. The summed E-state index contributed by atoms with van der Waals surface area (Å²) in [4.78, 5) is 23.7. The summed E-state index contributed by atoms with van der Waals surface area (Å²) in [5, 5.41) is 15.7. The Kier molecular flexibility index (Phi) is 6.86. The maximum absolute atomic E-state index is 11.6. The number of hydrogen-bond acceptors (Lipinski definition) is 6. The molecular weight excluding hydrogens is 332 g/mol. The molecule has 0 radical (unpaired) electrons. The third-order valence-electron chi connectivity index (χ3n) is 3.44. The van der Waals surface area contributed by atoms with Crippen molar-refractivity contribution in [3.05, 3.63) is 16.5 Å². The Morgan fingerprint density at radius 1 is 1.46 bits per heavy atom. The zero-order valence-corrected chi connectivity index (χ0v) is 14.8. The van der Waals surface area contributed by atoms with E-state index in [0.717, 1.165) is 24.1 Å². The normalized spacial score (nSPS) is 17.5. The van der Waals surface area contributed by atoms with E-state index >= 15 is 0 Å². The van der Waals surface area contributed by atoms with E-state index in [0.29, 0.717) is 18.2 Å². The molecule has 1 aromatic rings. The van der Waals surface area contributed by atoms with E-state index in [1.807, 2.05) is 13.8 Å². The number of carbonyl (C=O) groups excluding carboxylic acids is 1. The molecule has 3 N–H and O–H groups in total. The molecule has 2 heterocycles. The number of anilines is 1. The van der Waals surface area contributed by atoms with Crippen LogP contribution < -0.4 is 10.6 Å². The van der Waals surface area contributed by atoms with Gasteiger partial charge in [-0.15, -0.1) is 11.3 Å². The van der Waals surface area contributed by atoms with Crippen molar-refractivity contribution in [3.63, 3.8) is 0 Å². The van der Waals surface area contributed by atoms with Crippen molar-refractivity contribution in [2.24, 2.45) is 5.92 Å². The van der Waals surface area contributed by atoms with E-state index in [1.54, 1.807) is 6.07 Å². The standard InChI is InChI=1S/C16H24N2O5S/c1-10(2)9-23-16(21)17-8-11-7-12(15(19)20)14(24-11)18-13-5-3-4-6-22-13/h7,10,13,18H,3-6,8-9H2,1-2H3,(H,17,21)(H,19,20). The van der Waals surface area contributed by atoms with Gasteiger partial charge in [0.2, 0.25) is 0 Å². The number of thiophene rings is 1. The summed E-state index contributed by atoms with van der Waals surface area (Å²) in [6.07, 6.45) is 2.28. The lowest BCUT2D eigenvalue weighted by molar-refractivity contribution is 0.0344. The molecular formula is C16H24N2O5S. The van der Waals surface area contributed by atoms with Crippen molar-refractivity contribution in [3.8, 4) is 0 Å². The van der Waals surface area contributed by atoms with E-state index in [-0.39, 0.29) is 24.3 Å². The van der Waals surface area contributed by atoms with E-state index < -0.39 is 12.1 Å². The highest BCUT2D eigenvalue weighted by atomic mass is 32.1. The van der Waals surface area contributed by atoms with Gasteiger partial charge in [0, 0.05) is 11.5 Å². The predicted molar refractivity (Wildman–Crippen MR) is 91.5 cm³/mol. The molecule has 134 valence electrons. The van der Waals surface area contributed by atoms with E-state index in [9.17, 15) is 14.7 Å². The number of carboxylic acid groups (broad SMARTS) is 1. The fraction of sp³-hybridized carbons (Fsp3) is 0.625. The van der Waals surface area contributed by atoms with Crippen molar-refractivity contribution in [1.29, 1.82) is 0 Å². The molecule has 0 bridgehead atoms. The number of alkyl carbamates (subject to hydrolysis) is 1. The number of ether oxygens (including phenoxy) is 2. The first kappa shape index (κ1) is 18.5. The van der Waals surface area contributed by atoms with Gasteiger partial charge in [0.05, 0.1) is 18.7 Å². The number of carbonyl (C=O) groups is 2. The molecule has 1 aromatic heterocycles. The number of hydrogen-bond donors (Lipinski definition) is 3. The first-order valence-electron chi connectivity index (χ1n) is 8.10. The minimum atomic E-state index is -1.00. The van der Waals surface area contributed by atoms with Crippen LogP contribution in [0.5, 0.6) is 0 Å². The Morgan fingerprint density at radius 3 is 2.88 bits per heavy atom. The van der Waals surface area contributed by atoms with Gasteiger partial charge in [-0.1, -0.05) is 13.8 Å². The van der Waals surface area contributed by atoms with Crippen LogP contribution in [0, 0.1) is 5.92 Å². The molecule has 8 heteroatoms. The van der Waals surface area contributed by atoms with Gasteiger partial charge in [-0.3, -0.25) is 0 Å². The molecule has 1 aliphatic heterocycles. The summed E-state index contributed by atoms with van der Waals surface area (Å²) in [5.74, 6) is -0.736. The summed E-state index contributed by atoms with van der Waals surface area (Å²) in [6.45, 7) is 5.17. The predicted octanol–water partition coefficient (Wildman–Crippen LogP) is 3.27. The lowest BCUT2D eigenvalue weighted by Gasteiger charge is -2.23. The van der Waals surface area contributed by atoms with Gasteiger partial charge in [0.25, 0.3) is 0 Å². The minimum absolute atomic E-state index is 0.160. The molecule has 2 rings (SSSR count). The minimum Gasteiger partial charge on any atom is -0.478 e. The van der Waals surface area contributed by atoms with Crippen molar-refractivity contribution in [2.75, 3.05) is 18.5 Å². The van der Waals surface area contributed by atoms with Crippen LogP contribution in [-0.2, 0) is 16.0 Å². The Labute approximate surface area is 145 Å². The van der Waals surface area contributed by atoms with Crippen molar-refractivity contribution in [2.45, 2.75) is 45.9 Å². The lowest BCUT2D eigenvalue weighted by Crippen LogP contribution is -2.27. The average Bonchev–Trinajstić information content (AvgIpc) is 2.95. The second kappa shape index (κ2) is 8.89. The molecule has 24 heavy (non-hydrogen) atoms. The summed E-state index contributed by atoms with van der Waals surface area (Å²) >= 11 is 1.31. The maximum Gasteiger partial charge on any atom is 0.407 e. The van der Waals surface area contributed by atoms with Crippen LogP contribution in [0.4, 0.5) is 9.80 Å². The van der Waals surface area contributed by atoms with Gasteiger partial charge < -0.3 is 25.2 Å². The van der Waals surface area contributed by atoms with E-state index in [2.05, 4.69) is 10.6 Å². The highest BCUT2D eigenvalue weighted by Crippen LogP contribution is 2.30. The fourth-order valence-electron chi connectivity index (χ4n) is 2.25. The number of amides is 1. The zero-order valence-electron chi connectivity index (χ0n) is 14.0.